The van der Waals surface area contributed by atoms with Crippen molar-refractivity contribution < 1.29 is 27.5 Å². The van der Waals surface area contributed by atoms with Crippen LogP contribution in [0.3, 0.4) is 0 Å². The molecule has 8 nitrogen and oxygen atoms in total. The summed E-state index contributed by atoms with van der Waals surface area (Å²) >= 11 is 0. The maximum atomic E-state index is 12.7. The van der Waals surface area contributed by atoms with Crippen LogP contribution < -0.4 is 10.0 Å². The summed E-state index contributed by atoms with van der Waals surface area (Å²) in [6.45, 7) is 1.68. The standard InChI is InChI=1S/C19H18N2O6S/c1-2-27-19(24)15-16(12-6-4-3-5-7-12)21(18(23)17(15)22)13-8-10-14(11-9-13)28(20,25)26/h3-11,15-16H,2H2,1H3,(H2,20,25,26)/t15-,16+/m0/s1. The molecule has 1 saturated heterocycles. The van der Waals surface area contributed by atoms with Gasteiger partial charge in [-0.3, -0.25) is 19.3 Å². The van der Waals surface area contributed by atoms with Crippen molar-refractivity contribution in [3.63, 3.8) is 0 Å². The first-order chi connectivity index (χ1) is 13.3. The van der Waals surface area contributed by atoms with E-state index in [9.17, 15) is 22.8 Å². The van der Waals surface area contributed by atoms with Crippen molar-refractivity contribution in [3.05, 3.63) is 60.2 Å². The number of hydrogen-bond donors (Lipinski definition) is 1. The molecule has 3 rings (SSSR count). The summed E-state index contributed by atoms with van der Waals surface area (Å²) in [5, 5.41) is 5.10. The number of nitrogens with two attached hydrogens (primary N) is 1. The Morgan fingerprint density at radius 1 is 1.07 bits per heavy atom. The van der Waals surface area contributed by atoms with Gasteiger partial charge in [-0.15, -0.1) is 0 Å². The highest BCUT2D eigenvalue weighted by molar-refractivity contribution is 7.89. The number of hydrogen-bond acceptors (Lipinski definition) is 6. The monoisotopic (exact) mass is 402 g/mol. The second-order valence-corrected chi connectivity index (χ2v) is 7.72. The van der Waals surface area contributed by atoms with Crippen LogP contribution in [0.25, 0.3) is 0 Å². The van der Waals surface area contributed by atoms with Gasteiger partial charge in [-0.05, 0) is 36.8 Å². The number of primary sulfonamides is 1. The summed E-state index contributed by atoms with van der Waals surface area (Å²) in [5.41, 5.74) is 0.849. The lowest BCUT2D eigenvalue weighted by molar-refractivity contribution is -0.152. The highest BCUT2D eigenvalue weighted by Gasteiger charge is 2.53. The van der Waals surface area contributed by atoms with Gasteiger partial charge in [-0.2, -0.15) is 0 Å². The quantitative estimate of drug-likeness (QED) is 0.455. The molecule has 1 heterocycles. The van der Waals surface area contributed by atoms with Crippen LogP contribution in [0.4, 0.5) is 5.69 Å². The van der Waals surface area contributed by atoms with Crippen molar-refractivity contribution in [1.82, 2.24) is 0 Å². The van der Waals surface area contributed by atoms with Gasteiger partial charge in [0.05, 0.1) is 17.5 Å². The first-order valence-electron chi connectivity index (χ1n) is 8.47. The van der Waals surface area contributed by atoms with Crippen molar-refractivity contribution in [1.29, 1.82) is 0 Å². The molecule has 0 saturated carbocycles. The Morgan fingerprint density at radius 2 is 1.68 bits per heavy atom. The molecule has 9 heteroatoms. The van der Waals surface area contributed by atoms with Crippen LogP contribution in [0, 0.1) is 5.92 Å². The molecular formula is C19H18N2O6S. The van der Waals surface area contributed by atoms with E-state index >= 15 is 0 Å². The molecule has 0 spiro atoms. The van der Waals surface area contributed by atoms with Crippen LogP contribution in [0.2, 0.25) is 0 Å². The minimum atomic E-state index is -3.91. The number of carbonyl (C=O) groups is 3. The zero-order chi connectivity index (χ0) is 20.5. The Balaban J connectivity index is 2.11. The summed E-state index contributed by atoms with van der Waals surface area (Å²) in [6.07, 6.45) is 0. The zero-order valence-corrected chi connectivity index (χ0v) is 15.8. The van der Waals surface area contributed by atoms with Gasteiger partial charge in [-0.25, -0.2) is 13.6 Å². The number of rotatable bonds is 5. The molecule has 0 bridgehead atoms. The average molecular weight is 402 g/mol. The Labute approximate surface area is 161 Å². The number of carbonyl (C=O) groups excluding carboxylic acids is 3. The number of amides is 1. The number of benzene rings is 2. The summed E-state index contributed by atoms with van der Waals surface area (Å²) < 4.78 is 27.9. The van der Waals surface area contributed by atoms with E-state index in [1.165, 1.54) is 29.2 Å². The molecule has 0 unspecified atom stereocenters. The first-order valence-corrected chi connectivity index (χ1v) is 10.0. The average Bonchev–Trinajstić information content (AvgIpc) is 2.93. The molecule has 1 aliphatic heterocycles. The fraction of sp³-hybridized carbons (Fsp3) is 0.211. The van der Waals surface area contributed by atoms with Crippen LogP contribution in [0.5, 0.6) is 0 Å². The Morgan fingerprint density at radius 3 is 2.21 bits per heavy atom. The van der Waals surface area contributed by atoms with Crippen molar-refractivity contribution in [2.24, 2.45) is 11.1 Å². The molecule has 0 aliphatic carbocycles. The van der Waals surface area contributed by atoms with Crippen LogP contribution >= 0.6 is 0 Å². The molecule has 2 aromatic rings. The van der Waals surface area contributed by atoms with E-state index in [4.69, 9.17) is 9.88 Å². The minimum absolute atomic E-state index is 0.0708. The van der Waals surface area contributed by atoms with Gasteiger partial charge in [0.2, 0.25) is 15.8 Å². The second-order valence-electron chi connectivity index (χ2n) is 6.16. The largest absolute Gasteiger partial charge is 0.465 e. The Hall–Kier alpha value is -3.04. The van der Waals surface area contributed by atoms with Crippen molar-refractivity contribution in [2.45, 2.75) is 17.9 Å². The smallest absolute Gasteiger partial charge is 0.319 e. The molecule has 1 fully saturated rings. The van der Waals surface area contributed by atoms with Crippen LogP contribution in [0.15, 0.2) is 59.5 Å². The Bertz CT molecular complexity index is 1020. The molecule has 28 heavy (non-hydrogen) atoms. The van der Waals surface area contributed by atoms with Gasteiger partial charge in [-0.1, -0.05) is 30.3 Å². The molecular weight excluding hydrogens is 384 g/mol. The number of sulfonamides is 1. The van der Waals surface area contributed by atoms with Gasteiger partial charge < -0.3 is 4.74 Å². The Kier molecular flexibility index (Phi) is 5.30. The van der Waals surface area contributed by atoms with E-state index in [-0.39, 0.29) is 17.2 Å². The predicted molar refractivity (Wildman–Crippen MR) is 99.6 cm³/mol. The predicted octanol–water partition coefficient (Wildman–Crippen LogP) is 1.17. The SMILES string of the molecule is CCOC(=O)[C@@H]1C(=O)C(=O)N(c2ccc(S(N)(=O)=O)cc2)[C@@H]1c1ccccc1. The fourth-order valence-corrected chi connectivity index (χ4v) is 3.72. The lowest BCUT2D eigenvalue weighted by Crippen LogP contribution is -2.31. The molecule has 2 atom stereocenters. The highest BCUT2D eigenvalue weighted by Crippen LogP contribution is 2.40. The molecule has 146 valence electrons. The van der Waals surface area contributed by atoms with Crippen molar-refractivity contribution in [3.8, 4) is 0 Å². The molecule has 1 amide bonds. The normalized spacial score (nSPS) is 19.7. The van der Waals surface area contributed by atoms with Gasteiger partial charge in [0.15, 0.2) is 0 Å². The number of anilines is 1. The first kappa shape index (κ1) is 19.7. The third kappa shape index (κ3) is 3.54. The maximum Gasteiger partial charge on any atom is 0.319 e. The number of ketones is 1. The van der Waals surface area contributed by atoms with Gasteiger partial charge >= 0.3 is 5.97 Å². The highest BCUT2D eigenvalue weighted by atomic mass is 32.2. The van der Waals surface area contributed by atoms with E-state index in [1.54, 1.807) is 37.3 Å². The van der Waals surface area contributed by atoms with Gasteiger partial charge in [0, 0.05) is 5.69 Å². The van der Waals surface area contributed by atoms with E-state index < -0.39 is 39.6 Å². The second kappa shape index (κ2) is 7.53. The summed E-state index contributed by atoms with van der Waals surface area (Å²) in [5.74, 6) is -3.83. The third-order valence-corrected chi connectivity index (χ3v) is 5.36. The summed E-state index contributed by atoms with van der Waals surface area (Å²) in [6, 6.07) is 12.9. The van der Waals surface area contributed by atoms with E-state index in [1.807, 2.05) is 0 Å². The molecule has 0 aromatic heterocycles. The zero-order valence-electron chi connectivity index (χ0n) is 14.9. The van der Waals surface area contributed by atoms with Crippen LogP contribution in [-0.2, 0) is 29.1 Å². The van der Waals surface area contributed by atoms with Crippen molar-refractivity contribution >= 4 is 33.4 Å². The van der Waals surface area contributed by atoms with Gasteiger partial charge in [0.1, 0.15) is 5.92 Å². The summed E-state index contributed by atoms with van der Waals surface area (Å²) in [7, 11) is -3.91. The lowest BCUT2D eigenvalue weighted by Gasteiger charge is -2.27. The van der Waals surface area contributed by atoms with Gasteiger partial charge in [0.25, 0.3) is 5.91 Å². The number of ether oxygens (including phenoxy) is 1. The van der Waals surface area contributed by atoms with Crippen molar-refractivity contribution in [2.75, 3.05) is 11.5 Å². The minimum Gasteiger partial charge on any atom is -0.465 e. The number of Topliss-reactive ketones (excluding diaryl/α,β-unsaturated/α-hetero) is 1. The van der Waals surface area contributed by atoms with Crippen LogP contribution in [-0.4, -0.2) is 32.7 Å². The molecule has 1 aliphatic rings. The molecule has 0 radical (unpaired) electrons. The summed E-state index contributed by atoms with van der Waals surface area (Å²) in [4.78, 5) is 38.8. The topological polar surface area (TPSA) is 124 Å². The molecule has 2 aromatic carbocycles. The maximum absolute atomic E-state index is 12.7. The van der Waals surface area contributed by atoms with E-state index in [0.29, 0.717) is 5.56 Å². The number of nitrogens with zero attached hydrogens (tertiary/aromatic N) is 1. The lowest BCUT2D eigenvalue weighted by atomic mass is 9.93. The van der Waals surface area contributed by atoms with E-state index in [0.717, 1.165) is 0 Å². The van der Waals surface area contributed by atoms with Crippen LogP contribution in [0.1, 0.15) is 18.5 Å². The third-order valence-electron chi connectivity index (χ3n) is 4.43. The molecule has 2 N–H and O–H groups in total. The number of esters is 1. The van der Waals surface area contributed by atoms with E-state index in [2.05, 4.69) is 0 Å². The fourth-order valence-electron chi connectivity index (χ4n) is 3.20.